The summed E-state index contributed by atoms with van der Waals surface area (Å²) in [5.41, 5.74) is 12.6. The second-order valence-corrected chi connectivity index (χ2v) is 15.9. The molecule has 1 aliphatic heterocycles. The van der Waals surface area contributed by atoms with Gasteiger partial charge >= 0.3 is 0 Å². The third kappa shape index (κ3) is 16.2. The lowest BCUT2D eigenvalue weighted by Crippen LogP contribution is -2.43. The van der Waals surface area contributed by atoms with Crippen LogP contribution in [0.5, 0.6) is 0 Å². The Morgan fingerprint density at radius 2 is 1.69 bits per heavy atom. The molecular weight excluding hydrogens is 592 g/mol. The first kappa shape index (κ1) is 42.2. The number of hydrogen-bond acceptors (Lipinski definition) is 5. The largest absolute Gasteiger partial charge is 0.393 e. The van der Waals surface area contributed by atoms with Crippen molar-refractivity contribution in [2.45, 2.75) is 175 Å². The lowest BCUT2D eigenvalue weighted by Gasteiger charge is -2.39. The number of unbranched alkanes of at least 4 members (excludes halogenated alkanes) is 1. The Kier molecular flexibility index (Phi) is 20.0. The lowest BCUT2D eigenvalue weighted by molar-refractivity contribution is -0.124. The minimum Gasteiger partial charge on any atom is -0.393 e. The van der Waals surface area contributed by atoms with Gasteiger partial charge in [-0.3, -0.25) is 4.79 Å². The molecule has 0 aromatic rings. The Morgan fingerprint density at radius 3 is 2.35 bits per heavy atom. The van der Waals surface area contributed by atoms with Gasteiger partial charge in [-0.1, -0.05) is 88.3 Å². The maximum absolute atomic E-state index is 13.2. The van der Waals surface area contributed by atoms with Crippen LogP contribution in [0.1, 0.15) is 151 Å². The molecule has 4 atom stereocenters. The van der Waals surface area contributed by atoms with Crippen LogP contribution in [-0.4, -0.2) is 53.2 Å². The summed E-state index contributed by atoms with van der Waals surface area (Å²) >= 11 is 0. The molecule has 274 valence electrons. The highest BCUT2D eigenvalue weighted by molar-refractivity contribution is 5.95. The topological polar surface area (TPSA) is 75.8 Å². The van der Waals surface area contributed by atoms with Crippen LogP contribution in [-0.2, 0) is 9.53 Å². The third-order valence-corrected chi connectivity index (χ3v) is 10.7. The van der Waals surface area contributed by atoms with Gasteiger partial charge in [-0.05, 0) is 134 Å². The van der Waals surface area contributed by atoms with Gasteiger partial charge in [0.1, 0.15) is 6.61 Å². The van der Waals surface area contributed by atoms with E-state index in [9.17, 15) is 9.90 Å². The fraction of sp³-hybridized carbons (Fsp3) is 0.744. The van der Waals surface area contributed by atoms with Crippen LogP contribution < -0.4 is 5.73 Å². The number of aliphatic hydroxyl groups excluding tert-OH is 1. The summed E-state index contributed by atoms with van der Waals surface area (Å²) in [6.45, 7) is 27.1. The Hall–Kier alpha value is -1.95. The number of nitrogens with two attached hydrogens (primary N) is 1. The predicted octanol–water partition coefficient (Wildman–Crippen LogP) is 10.4. The highest BCUT2D eigenvalue weighted by Crippen LogP contribution is 2.29. The third-order valence-electron chi connectivity index (χ3n) is 10.7. The van der Waals surface area contributed by atoms with Gasteiger partial charge in [0.25, 0.3) is 0 Å². The van der Waals surface area contributed by atoms with Gasteiger partial charge in [0.05, 0.1) is 23.9 Å². The van der Waals surface area contributed by atoms with E-state index in [1.165, 1.54) is 35.1 Å². The Balaban J connectivity index is 1.75. The van der Waals surface area contributed by atoms with E-state index in [1.807, 2.05) is 0 Å². The summed E-state index contributed by atoms with van der Waals surface area (Å²) in [5, 5.41) is 9.77. The number of Topliss-reactive ketones (excluding diaryl/α,β-unsaturated/α-hetero) is 1. The van der Waals surface area contributed by atoms with Gasteiger partial charge in [-0.25, -0.2) is 0 Å². The van der Waals surface area contributed by atoms with Gasteiger partial charge in [-0.2, -0.15) is 0 Å². The number of nitrogens with zero attached hydrogens (tertiary/aromatic N) is 1. The number of carbonyl (C=O) groups is 1. The van der Waals surface area contributed by atoms with Crippen molar-refractivity contribution in [1.29, 1.82) is 0 Å². The molecule has 5 heteroatoms. The maximum atomic E-state index is 13.2. The number of hydrogen-bond donors (Lipinski definition) is 2. The van der Waals surface area contributed by atoms with Crippen molar-refractivity contribution < 1.29 is 14.6 Å². The number of allylic oxidation sites excluding steroid dienone is 5. The number of ether oxygens (including phenoxy) is 1. The molecular formula is C43H74N2O3. The van der Waals surface area contributed by atoms with Gasteiger partial charge in [0.15, 0.2) is 0 Å². The molecule has 1 saturated heterocycles. The summed E-state index contributed by atoms with van der Waals surface area (Å²) in [6, 6.07) is 0.119. The van der Waals surface area contributed by atoms with Gasteiger partial charge < -0.3 is 20.5 Å². The number of piperidine rings is 1. The van der Waals surface area contributed by atoms with Crippen LogP contribution in [0.2, 0.25) is 0 Å². The molecule has 0 bridgehead atoms. The van der Waals surface area contributed by atoms with Crippen LogP contribution in [0.25, 0.3) is 0 Å². The Morgan fingerprint density at radius 1 is 0.979 bits per heavy atom. The monoisotopic (exact) mass is 667 g/mol. The van der Waals surface area contributed by atoms with Crippen LogP contribution in [0.3, 0.4) is 0 Å². The average molecular weight is 667 g/mol. The fourth-order valence-electron chi connectivity index (χ4n) is 7.57. The van der Waals surface area contributed by atoms with Crippen molar-refractivity contribution in [3.8, 4) is 0 Å². The van der Waals surface area contributed by atoms with Gasteiger partial charge in [-0.15, -0.1) is 0 Å². The maximum Gasteiger partial charge on any atom is 0.203 e. The van der Waals surface area contributed by atoms with Crippen LogP contribution >= 0.6 is 0 Å². The molecule has 3 N–H and O–H groups in total. The Labute approximate surface area is 296 Å². The molecule has 48 heavy (non-hydrogen) atoms. The van der Waals surface area contributed by atoms with E-state index in [4.69, 9.17) is 10.5 Å². The summed E-state index contributed by atoms with van der Waals surface area (Å²) in [4.78, 5) is 15.4. The zero-order valence-electron chi connectivity index (χ0n) is 32.0. The van der Waals surface area contributed by atoms with E-state index in [-0.39, 0.29) is 36.7 Å². The molecule has 1 unspecified atom stereocenters. The molecule has 1 saturated carbocycles. The van der Waals surface area contributed by atoms with Crippen molar-refractivity contribution >= 4 is 5.78 Å². The zero-order valence-corrected chi connectivity index (χ0v) is 32.0. The van der Waals surface area contributed by atoms with Crippen molar-refractivity contribution in [3.05, 3.63) is 59.9 Å². The molecule has 0 aromatic carbocycles. The SMILES string of the molecule is C=C(C/C=C(\C)CCCC[C@@H](OCC(=O)C(=C)N1CCCCC1C(=C)CC)[C@@H](N)CC(C)C)CC[C@@H](C)C/C(C)=C/C1CCC(O)CC1. The molecule has 5 nitrogen and oxygen atoms in total. The van der Waals surface area contributed by atoms with Crippen LogP contribution in [0.4, 0.5) is 0 Å². The lowest BCUT2D eigenvalue weighted by atomic mass is 9.85. The first-order valence-electron chi connectivity index (χ1n) is 19.5. The highest BCUT2D eigenvalue weighted by Gasteiger charge is 2.29. The van der Waals surface area contributed by atoms with Crippen LogP contribution in [0.15, 0.2) is 59.9 Å². The molecule has 0 spiro atoms. The van der Waals surface area contributed by atoms with Gasteiger partial charge in [0.2, 0.25) is 5.78 Å². The Bertz CT molecular complexity index is 1060. The zero-order chi connectivity index (χ0) is 35.6. The molecule has 0 aromatic heterocycles. The minimum absolute atomic E-state index is 0.0338. The second kappa shape index (κ2) is 22.7. The smallest absolute Gasteiger partial charge is 0.203 e. The highest BCUT2D eigenvalue weighted by atomic mass is 16.5. The predicted molar refractivity (Wildman–Crippen MR) is 206 cm³/mol. The van der Waals surface area contributed by atoms with Crippen molar-refractivity contribution in [2.24, 2.45) is 23.5 Å². The first-order chi connectivity index (χ1) is 22.8. The standard InChI is InChI=1S/C43H74N2O3/c1-10-36(8)41-16-13-14-26-45(41)37(9)42(47)30-48-43(40(44)27-31(2)3)17-12-11-15-32(4)18-19-33(5)20-21-34(6)28-35(7)29-38-22-24-39(46)25-23-38/h18,29,31,34,38-41,43,46H,5,8-17,19-28,30,44H2,1-4,6-7H3/b32-18+,35-29+/t34-,38?,39?,40+,41?,43-/m1/s1. The number of aliphatic hydroxyl groups is 1. The van der Waals surface area contributed by atoms with E-state index in [1.54, 1.807) is 0 Å². The first-order valence-corrected chi connectivity index (χ1v) is 19.5. The molecule has 1 heterocycles. The normalized spacial score (nSPS) is 22.8. The molecule has 0 radical (unpaired) electrons. The van der Waals surface area contributed by atoms with Crippen molar-refractivity contribution in [2.75, 3.05) is 13.2 Å². The summed E-state index contributed by atoms with van der Waals surface area (Å²) < 4.78 is 6.28. The van der Waals surface area contributed by atoms with Crippen molar-refractivity contribution in [3.63, 3.8) is 0 Å². The molecule has 2 aliphatic rings. The van der Waals surface area contributed by atoms with E-state index in [0.29, 0.717) is 23.5 Å². The van der Waals surface area contributed by atoms with Crippen molar-refractivity contribution in [1.82, 2.24) is 4.90 Å². The molecule has 0 amide bonds. The quantitative estimate of drug-likeness (QED) is 0.0645. The summed E-state index contributed by atoms with van der Waals surface area (Å²) in [7, 11) is 0. The molecule has 2 rings (SSSR count). The number of carbonyl (C=O) groups excluding carboxylic acids is 1. The number of rotatable bonds is 23. The molecule has 2 fully saturated rings. The summed E-state index contributed by atoms with van der Waals surface area (Å²) in [5.74, 6) is 1.75. The van der Waals surface area contributed by atoms with E-state index >= 15 is 0 Å². The van der Waals surface area contributed by atoms with E-state index < -0.39 is 0 Å². The van der Waals surface area contributed by atoms with Crippen LogP contribution in [0, 0.1) is 17.8 Å². The summed E-state index contributed by atoms with van der Waals surface area (Å²) in [6.07, 6.45) is 22.3. The molecule has 1 aliphatic carbocycles. The minimum atomic E-state index is -0.132. The fourth-order valence-corrected chi connectivity index (χ4v) is 7.57. The van der Waals surface area contributed by atoms with E-state index in [2.05, 4.69) is 78.3 Å². The van der Waals surface area contributed by atoms with E-state index in [0.717, 1.165) is 103 Å². The number of ketones is 1. The average Bonchev–Trinajstić information content (AvgIpc) is 3.05. The second-order valence-electron chi connectivity index (χ2n) is 15.9. The van der Waals surface area contributed by atoms with Gasteiger partial charge in [0, 0.05) is 12.6 Å². The number of likely N-dealkylation sites (tertiary alicyclic amines) is 1.